The van der Waals surface area contributed by atoms with E-state index in [0.29, 0.717) is 19.3 Å². The number of hydrogen-bond acceptors (Lipinski definition) is 5. The molecule has 1 rings (SSSR count). The van der Waals surface area contributed by atoms with Gasteiger partial charge in [-0.2, -0.15) is 0 Å². The van der Waals surface area contributed by atoms with Gasteiger partial charge in [0.05, 0.1) is 19.8 Å². The van der Waals surface area contributed by atoms with Crippen molar-refractivity contribution < 1.29 is 19.7 Å². The lowest BCUT2D eigenvalue weighted by Crippen LogP contribution is -2.24. The number of carbonyl (C=O) groups is 1. The highest BCUT2D eigenvalue weighted by Crippen LogP contribution is 2.13. The van der Waals surface area contributed by atoms with Crippen LogP contribution in [0.4, 0.5) is 5.69 Å². The van der Waals surface area contributed by atoms with Gasteiger partial charge in [0.15, 0.2) is 0 Å². The van der Waals surface area contributed by atoms with E-state index in [1.807, 2.05) is 24.3 Å². The second-order valence-electron chi connectivity index (χ2n) is 4.31. The molecule has 0 amide bonds. The highest BCUT2D eigenvalue weighted by molar-refractivity contribution is 5.69. The van der Waals surface area contributed by atoms with E-state index in [-0.39, 0.29) is 25.2 Å². The largest absolute Gasteiger partial charge is 0.469 e. The molecule has 1 atom stereocenters. The Labute approximate surface area is 113 Å². The first-order valence-corrected chi connectivity index (χ1v) is 6.33. The average Bonchev–Trinajstić information content (AvgIpc) is 2.45. The second kappa shape index (κ2) is 8.50. The molecule has 0 heterocycles. The third-order valence-corrected chi connectivity index (χ3v) is 2.87. The fourth-order valence-corrected chi connectivity index (χ4v) is 1.72. The fourth-order valence-electron chi connectivity index (χ4n) is 1.72. The maximum Gasteiger partial charge on any atom is 0.305 e. The predicted octanol–water partition coefficient (Wildman–Crippen LogP) is 0.947. The lowest BCUT2D eigenvalue weighted by molar-refractivity contribution is -0.140. The first-order valence-electron chi connectivity index (χ1n) is 6.33. The van der Waals surface area contributed by atoms with Gasteiger partial charge < -0.3 is 20.3 Å². The Morgan fingerprint density at radius 3 is 2.53 bits per heavy atom. The number of aryl methyl sites for hydroxylation is 1. The van der Waals surface area contributed by atoms with Crippen LogP contribution in [0.2, 0.25) is 0 Å². The number of carbonyl (C=O) groups excluding carboxylic acids is 1. The van der Waals surface area contributed by atoms with Crippen molar-refractivity contribution in [2.45, 2.75) is 25.3 Å². The van der Waals surface area contributed by atoms with Crippen LogP contribution in [0.25, 0.3) is 0 Å². The van der Waals surface area contributed by atoms with Crippen molar-refractivity contribution in [2.75, 3.05) is 25.6 Å². The number of esters is 1. The van der Waals surface area contributed by atoms with Gasteiger partial charge >= 0.3 is 5.97 Å². The Morgan fingerprint density at radius 2 is 2.00 bits per heavy atom. The normalized spacial score (nSPS) is 11.9. The van der Waals surface area contributed by atoms with Gasteiger partial charge in [-0.3, -0.25) is 4.79 Å². The minimum atomic E-state index is -0.217. The predicted molar refractivity (Wildman–Crippen MR) is 73.0 cm³/mol. The first kappa shape index (κ1) is 15.5. The molecule has 1 unspecified atom stereocenters. The number of methoxy groups -OCH3 is 1. The number of benzene rings is 1. The van der Waals surface area contributed by atoms with E-state index < -0.39 is 0 Å². The molecule has 0 bridgehead atoms. The molecule has 5 nitrogen and oxygen atoms in total. The van der Waals surface area contributed by atoms with Crippen molar-refractivity contribution >= 4 is 11.7 Å². The molecule has 5 heteroatoms. The number of ether oxygens (including phenoxy) is 1. The first-order chi connectivity index (χ1) is 9.19. The molecular formula is C14H21NO4. The summed E-state index contributed by atoms with van der Waals surface area (Å²) in [5.74, 6) is -0.217. The van der Waals surface area contributed by atoms with Gasteiger partial charge in [-0.05, 0) is 30.5 Å². The van der Waals surface area contributed by atoms with Crippen LogP contribution in [0.3, 0.4) is 0 Å². The Balaban J connectivity index is 2.48. The van der Waals surface area contributed by atoms with E-state index in [0.717, 1.165) is 11.3 Å². The molecule has 0 spiro atoms. The van der Waals surface area contributed by atoms with Crippen molar-refractivity contribution in [1.82, 2.24) is 0 Å². The number of aliphatic hydroxyl groups excluding tert-OH is 2. The average molecular weight is 267 g/mol. The molecule has 0 saturated carbocycles. The minimum Gasteiger partial charge on any atom is -0.469 e. The topological polar surface area (TPSA) is 78.8 Å². The third-order valence-electron chi connectivity index (χ3n) is 2.87. The summed E-state index contributed by atoms with van der Waals surface area (Å²) in [4.78, 5) is 11.0. The molecule has 106 valence electrons. The SMILES string of the molecule is COC(=O)CCc1ccc(NC(CO)CCO)cc1. The molecule has 0 saturated heterocycles. The van der Waals surface area contributed by atoms with Gasteiger partial charge in [-0.1, -0.05) is 12.1 Å². The van der Waals surface area contributed by atoms with E-state index in [9.17, 15) is 4.79 Å². The molecule has 0 aliphatic heterocycles. The highest BCUT2D eigenvalue weighted by atomic mass is 16.5. The molecule has 3 N–H and O–H groups in total. The van der Waals surface area contributed by atoms with E-state index in [2.05, 4.69) is 10.1 Å². The summed E-state index contributed by atoms with van der Waals surface area (Å²) < 4.78 is 4.59. The zero-order valence-electron chi connectivity index (χ0n) is 11.1. The van der Waals surface area contributed by atoms with Crippen molar-refractivity contribution in [3.05, 3.63) is 29.8 Å². The molecule has 1 aromatic rings. The molecule has 0 radical (unpaired) electrons. The molecule has 19 heavy (non-hydrogen) atoms. The lowest BCUT2D eigenvalue weighted by Gasteiger charge is -2.16. The van der Waals surface area contributed by atoms with Crippen LogP contribution in [0.15, 0.2) is 24.3 Å². The van der Waals surface area contributed by atoms with E-state index in [1.165, 1.54) is 7.11 Å². The molecule has 0 aliphatic carbocycles. The summed E-state index contributed by atoms with van der Waals surface area (Å²) >= 11 is 0. The van der Waals surface area contributed by atoms with Gasteiger partial charge in [0, 0.05) is 18.7 Å². The monoisotopic (exact) mass is 267 g/mol. The van der Waals surface area contributed by atoms with Crippen LogP contribution in [-0.4, -0.2) is 42.5 Å². The number of nitrogens with one attached hydrogen (secondary N) is 1. The molecule has 0 fully saturated rings. The van der Waals surface area contributed by atoms with Gasteiger partial charge in [-0.15, -0.1) is 0 Å². The highest BCUT2D eigenvalue weighted by Gasteiger charge is 2.06. The number of hydrogen-bond donors (Lipinski definition) is 3. The standard InChI is InChI=1S/C14H21NO4/c1-19-14(18)7-4-11-2-5-12(6-3-11)15-13(10-17)8-9-16/h2-3,5-6,13,15-17H,4,7-10H2,1H3. The van der Waals surface area contributed by atoms with Crippen molar-refractivity contribution in [3.63, 3.8) is 0 Å². The summed E-state index contributed by atoms with van der Waals surface area (Å²) in [6, 6.07) is 7.50. The van der Waals surface area contributed by atoms with Gasteiger partial charge in [0.25, 0.3) is 0 Å². The van der Waals surface area contributed by atoms with E-state index in [1.54, 1.807) is 0 Å². The Morgan fingerprint density at radius 1 is 1.32 bits per heavy atom. The van der Waals surface area contributed by atoms with E-state index >= 15 is 0 Å². The summed E-state index contributed by atoms with van der Waals surface area (Å²) in [6.45, 7) is 0.0140. The quantitative estimate of drug-likeness (QED) is 0.611. The zero-order chi connectivity index (χ0) is 14.1. The molecule has 0 aliphatic rings. The van der Waals surface area contributed by atoms with E-state index in [4.69, 9.17) is 10.2 Å². The molecular weight excluding hydrogens is 246 g/mol. The Kier molecular flexibility index (Phi) is 6.92. The van der Waals surface area contributed by atoms with Crippen molar-refractivity contribution in [3.8, 4) is 0 Å². The molecule has 0 aromatic heterocycles. The lowest BCUT2D eigenvalue weighted by atomic mass is 10.1. The van der Waals surface area contributed by atoms with Crippen molar-refractivity contribution in [1.29, 1.82) is 0 Å². The van der Waals surface area contributed by atoms with Crippen LogP contribution in [0, 0.1) is 0 Å². The summed E-state index contributed by atoms with van der Waals surface area (Å²) in [6.07, 6.45) is 1.51. The second-order valence-corrected chi connectivity index (χ2v) is 4.31. The van der Waals surface area contributed by atoms with Gasteiger partial charge in [0.1, 0.15) is 0 Å². The number of rotatable bonds is 8. The summed E-state index contributed by atoms with van der Waals surface area (Å²) in [5, 5.41) is 21.1. The van der Waals surface area contributed by atoms with Gasteiger partial charge in [0.2, 0.25) is 0 Å². The zero-order valence-corrected chi connectivity index (χ0v) is 11.1. The maximum atomic E-state index is 11.0. The number of anilines is 1. The smallest absolute Gasteiger partial charge is 0.305 e. The van der Waals surface area contributed by atoms with Crippen LogP contribution in [0.1, 0.15) is 18.4 Å². The van der Waals surface area contributed by atoms with Gasteiger partial charge in [-0.25, -0.2) is 0 Å². The van der Waals surface area contributed by atoms with Crippen molar-refractivity contribution in [2.24, 2.45) is 0 Å². The van der Waals surface area contributed by atoms with Crippen LogP contribution >= 0.6 is 0 Å². The summed E-state index contributed by atoms with van der Waals surface area (Å²) in [5.41, 5.74) is 1.94. The summed E-state index contributed by atoms with van der Waals surface area (Å²) in [7, 11) is 1.38. The Bertz CT molecular complexity index is 378. The number of aliphatic hydroxyl groups is 2. The fraction of sp³-hybridized carbons (Fsp3) is 0.500. The maximum absolute atomic E-state index is 11.0. The van der Waals surface area contributed by atoms with Crippen LogP contribution < -0.4 is 5.32 Å². The Hall–Kier alpha value is -1.59. The minimum absolute atomic E-state index is 0.0232. The third kappa shape index (κ3) is 5.72. The van der Waals surface area contributed by atoms with Crippen LogP contribution in [0.5, 0.6) is 0 Å². The van der Waals surface area contributed by atoms with Crippen LogP contribution in [-0.2, 0) is 16.0 Å². The molecule has 1 aromatic carbocycles.